The maximum atomic E-state index is 12.6. The van der Waals surface area contributed by atoms with Gasteiger partial charge in [0.15, 0.2) is 0 Å². The zero-order valence-electron chi connectivity index (χ0n) is 14.4. The number of carbonyl (C=O) groups is 1. The van der Waals surface area contributed by atoms with Crippen LogP contribution in [-0.4, -0.2) is 43.5 Å². The number of piperidine rings is 1. The summed E-state index contributed by atoms with van der Waals surface area (Å²) in [5, 5.41) is 4.20. The fourth-order valence-corrected chi connectivity index (χ4v) is 3.77. The molecule has 0 spiro atoms. The Hall–Kier alpha value is -1.98. The number of carbonyl (C=O) groups excluding carboxylic acids is 1. The molecule has 0 aromatic carbocycles. The van der Waals surface area contributed by atoms with Gasteiger partial charge in [-0.05, 0) is 44.1 Å². The third-order valence-electron chi connectivity index (χ3n) is 4.80. The van der Waals surface area contributed by atoms with Gasteiger partial charge in [-0.15, -0.1) is 0 Å². The van der Waals surface area contributed by atoms with Gasteiger partial charge in [0.05, 0.1) is 0 Å². The molecule has 0 saturated carbocycles. The Balaban J connectivity index is 1.72. The summed E-state index contributed by atoms with van der Waals surface area (Å²) in [4.78, 5) is 23.2. The van der Waals surface area contributed by atoms with Gasteiger partial charge in [0.2, 0.25) is 5.91 Å². The predicted octanol–water partition coefficient (Wildman–Crippen LogP) is 2.18. The number of hydrogen-bond acceptors (Lipinski definition) is 4. The van der Waals surface area contributed by atoms with E-state index in [1.165, 1.54) is 12.7 Å². The molecule has 0 unspecified atom stereocenters. The summed E-state index contributed by atoms with van der Waals surface area (Å²) in [6, 6.07) is 0. The van der Waals surface area contributed by atoms with Gasteiger partial charge in [0.25, 0.3) is 5.78 Å². The van der Waals surface area contributed by atoms with E-state index in [0.717, 1.165) is 30.0 Å². The van der Waals surface area contributed by atoms with Crippen LogP contribution in [0.4, 0.5) is 0 Å². The van der Waals surface area contributed by atoms with Crippen molar-refractivity contribution >= 4 is 11.7 Å². The lowest BCUT2D eigenvalue weighted by Crippen LogP contribution is -2.42. The fraction of sp³-hybridized carbons (Fsp3) is 0.647. The number of aryl methyl sites for hydroxylation is 2. The normalized spacial score (nSPS) is 21.8. The van der Waals surface area contributed by atoms with Crippen molar-refractivity contribution in [1.29, 1.82) is 0 Å². The summed E-state index contributed by atoms with van der Waals surface area (Å²) in [5.74, 6) is 2.06. The first-order valence-electron chi connectivity index (χ1n) is 8.39. The minimum Gasteiger partial charge on any atom is -0.342 e. The number of hydrogen-bond donors (Lipinski definition) is 0. The average molecular weight is 315 g/mol. The molecule has 23 heavy (non-hydrogen) atoms. The Labute approximate surface area is 136 Å². The van der Waals surface area contributed by atoms with E-state index >= 15 is 0 Å². The van der Waals surface area contributed by atoms with E-state index in [0.29, 0.717) is 30.5 Å². The van der Waals surface area contributed by atoms with Gasteiger partial charge in [0.1, 0.15) is 6.33 Å². The number of rotatable bonds is 3. The molecule has 0 N–H and O–H groups in total. The molecule has 1 aliphatic rings. The quantitative estimate of drug-likeness (QED) is 0.871. The Kier molecular flexibility index (Phi) is 4.33. The lowest BCUT2D eigenvalue weighted by atomic mass is 9.91. The molecule has 2 atom stereocenters. The largest absolute Gasteiger partial charge is 0.342 e. The molecule has 0 bridgehead atoms. The zero-order valence-corrected chi connectivity index (χ0v) is 14.4. The van der Waals surface area contributed by atoms with Crippen molar-refractivity contribution in [3.8, 4) is 0 Å². The third-order valence-corrected chi connectivity index (χ3v) is 4.80. The molecular weight excluding hydrogens is 290 g/mol. The summed E-state index contributed by atoms with van der Waals surface area (Å²) in [6.07, 6.45) is 3.97. The second-order valence-electron chi connectivity index (χ2n) is 6.98. The fourth-order valence-electron chi connectivity index (χ4n) is 3.77. The van der Waals surface area contributed by atoms with Crippen molar-refractivity contribution in [3.05, 3.63) is 23.3 Å². The molecule has 0 aliphatic carbocycles. The van der Waals surface area contributed by atoms with E-state index in [4.69, 9.17) is 0 Å². The van der Waals surface area contributed by atoms with Gasteiger partial charge in [-0.3, -0.25) is 4.79 Å². The number of aromatic nitrogens is 4. The van der Waals surface area contributed by atoms with Crippen molar-refractivity contribution in [1.82, 2.24) is 24.5 Å². The Morgan fingerprint density at radius 2 is 1.96 bits per heavy atom. The standard InChI is InChI=1S/C17H25N5O/c1-11-7-12(2)9-21(8-11)16(23)6-5-15-13(3)20-17-18-10-19-22(17)14(15)4/h10-12H,5-9H2,1-4H3/t11-,12+. The lowest BCUT2D eigenvalue weighted by Gasteiger charge is -2.35. The van der Waals surface area contributed by atoms with Crippen LogP contribution in [0.15, 0.2) is 6.33 Å². The number of likely N-dealkylation sites (tertiary alicyclic amines) is 1. The molecule has 2 aromatic heterocycles. The highest BCUT2D eigenvalue weighted by atomic mass is 16.2. The molecule has 2 aromatic rings. The lowest BCUT2D eigenvalue weighted by molar-refractivity contribution is -0.133. The van der Waals surface area contributed by atoms with Gasteiger partial charge in [-0.2, -0.15) is 10.1 Å². The van der Waals surface area contributed by atoms with E-state index in [1.54, 1.807) is 4.52 Å². The highest BCUT2D eigenvalue weighted by Gasteiger charge is 2.25. The van der Waals surface area contributed by atoms with Crippen LogP contribution < -0.4 is 0 Å². The molecule has 1 aliphatic heterocycles. The van der Waals surface area contributed by atoms with Crippen LogP contribution in [0.5, 0.6) is 0 Å². The monoisotopic (exact) mass is 315 g/mol. The summed E-state index contributed by atoms with van der Waals surface area (Å²) in [5.41, 5.74) is 3.07. The molecule has 1 saturated heterocycles. The van der Waals surface area contributed by atoms with Crippen molar-refractivity contribution in [3.63, 3.8) is 0 Å². The molecule has 0 radical (unpaired) electrons. The second-order valence-corrected chi connectivity index (χ2v) is 6.98. The van der Waals surface area contributed by atoms with Gasteiger partial charge < -0.3 is 4.90 Å². The third kappa shape index (κ3) is 3.21. The van der Waals surface area contributed by atoms with Crippen molar-refractivity contribution in [2.24, 2.45) is 11.8 Å². The smallest absolute Gasteiger partial charge is 0.252 e. The SMILES string of the molecule is Cc1nc2ncnn2c(C)c1CCC(=O)N1C[C@H](C)C[C@H](C)C1. The first-order valence-corrected chi connectivity index (χ1v) is 8.39. The first-order chi connectivity index (χ1) is 11.0. The van der Waals surface area contributed by atoms with Gasteiger partial charge in [0, 0.05) is 30.9 Å². The van der Waals surface area contributed by atoms with Crippen LogP contribution in [0, 0.1) is 25.7 Å². The maximum Gasteiger partial charge on any atom is 0.252 e. The minimum atomic E-state index is 0.251. The summed E-state index contributed by atoms with van der Waals surface area (Å²) in [6.45, 7) is 10.2. The van der Waals surface area contributed by atoms with Crippen LogP contribution in [0.2, 0.25) is 0 Å². The molecule has 3 rings (SSSR count). The molecule has 6 nitrogen and oxygen atoms in total. The van der Waals surface area contributed by atoms with Gasteiger partial charge in [-0.25, -0.2) is 9.50 Å². The highest BCUT2D eigenvalue weighted by Crippen LogP contribution is 2.22. The summed E-state index contributed by atoms with van der Waals surface area (Å²) in [7, 11) is 0. The van der Waals surface area contributed by atoms with Crippen LogP contribution in [0.3, 0.4) is 0 Å². The van der Waals surface area contributed by atoms with Crippen LogP contribution in [0.1, 0.15) is 43.6 Å². The minimum absolute atomic E-state index is 0.251. The zero-order chi connectivity index (χ0) is 16.6. The highest BCUT2D eigenvalue weighted by molar-refractivity contribution is 5.76. The van der Waals surface area contributed by atoms with Crippen LogP contribution >= 0.6 is 0 Å². The maximum absolute atomic E-state index is 12.6. The Morgan fingerprint density at radius 1 is 1.26 bits per heavy atom. The first kappa shape index (κ1) is 15.9. The number of nitrogens with zero attached hydrogens (tertiary/aromatic N) is 5. The molecule has 1 fully saturated rings. The van der Waals surface area contributed by atoms with Crippen molar-refractivity contribution < 1.29 is 4.79 Å². The van der Waals surface area contributed by atoms with E-state index in [9.17, 15) is 4.79 Å². The van der Waals surface area contributed by atoms with E-state index in [2.05, 4.69) is 28.9 Å². The average Bonchev–Trinajstić information content (AvgIpc) is 2.94. The van der Waals surface area contributed by atoms with Gasteiger partial charge >= 0.3 is 0 Å². The van der Waals surface area contributed by atoms with E-state index < -0.39 is 0 Å². The second kappa shape index (κ2) is 6.26. The molecule has 124 valence electrons. The number of amides is 1. The molecule has 1 amide bonds. The Morgan fingerprint density at radius 3 is 2.65 bits per heavy atom. The van der Waals surface area contributed by atoms with Gasteiger partial charge in [-0.1, -0.05) is 13.8 Å². The topological polar surface area (TPSA) is 63.4 Å². The molecular formula is C17H25N5O. The van der Waals surface area contributed by atoms with Crippen LogP contribution in [0.25, 0.3) is 5.78 Å². The van der Waals surface area contributed by atoms with E-state index in [1.807, 2.05) is 18.7 Å². The summed E-state index contributed by atoms with van der Waals surface area (Å²) < 4.78 is 1.75. The summed E-state index contributed by atoms with van der Waals surface area (Å²) >= 11 is 0. The molecule has 3 heterocycles. The van der Waals surface area contributed by atoms with Crippen molar-refractivity contribution in [2.45, 2.75) is 47.0 Å². The predicted molar refractivity (Wildman–Crippen MR) is 88.1 cm³/mol. The Bertz CT molecular complexity index is 713. The molecule has 6 heteroatoms. The van der Waals surface area contributed by atoms with E-state index in [-0.39, 0.29) is 5.91 Å². The number of fused-ring (bicyclic) bond motifs is 1. The van der Waals surface area contributed by atoms with Crippen molar-refractivity contribution in [2.75, 3.05) is 13.1 Å². The van der Waals surface area contributed by atoms with Crippen LogP contribution in [-0.2, 0) is 11.2 Å².